The highest BCUT2D eigenvalue weighted by atomic mass is 32.2. The van der Waals surface area contributed by atoms with Gasteiger partial charge in [0.2, 0.25) is 10.0 Å². The monoisotopic (exact) mass is 286 g/mol. The van der Waals surface area contributed by atoms with Crippen molar-refractivity contribution < 1.29 is 17.9 Å². The molecule has 0 aliphatic carbocycles. The van der Waals surface area contributed by atoms with Crippen molar-refractivity contribution in [3.63, 3.8) is 0 Å². The first-order chi connectivity index (χ1) is 8.94. The Hall–Kier alpha value is -1.47. The number of aromatic nitrogens is 1. The van der Waals surface area contributed by atoms with Gasteiger partial charge in [0.15, 0.2) is 0 Å². The Morgan fingerprint density at radius 3 is 2.84 bits per heavy atom. The number of carbonyl (C=O) groups is 1. The molecular weight excluding hydrogens is 268 g/mol. The highest BCUT2D eigenvalue weighted by Gasteiger charge is 2.16. The molecule has 1 atom stereocenters. The maximum absolute atomic E-state index is 11.8. The Labute approximate surface area is 113 Å². The first-order valence-electron chi connectivity index (χ1n) is 5.91. The molecule has 0 fully saturated rings. The minimum Gasteiger partial charge on any atom is -0.469 e. The summed E-state index contributed by atoms with van der Waals surface area (Å²) < 4.78 is 30.6. The Morgan fingerprint density at radius 2 is 2.26 bits per heavy atom. The maximum atomic E-state index is 11.8. The number of pyridine rings is 1. The highest BCUT2D eigenvalue weighted by molar-refractivity contribution is 7.89. The molecule has 6 nitrogen and oxygen atoms in total. The van der Waals surface area contributed by atoms with Crippen LogP contribution in [0, 0.1) is 0 Å². The molecule has 0 spiro atoms. The molecule has 1 aromatic heterocycles. The predicted molar refractivity (Wildman–Crippen MR) is 70.8 cm³/mol. The molecule has 1 heterocycles. The van der Waals surface area contributed by atoms with Gasteiger partial charge in [-0.25, -0.2) is 13.1 Å². The van der Waals surface area contributed by atoms with Crippen molar-refractivity contribution in [2.45, 2.75) is 25.8 Å². The van der Waals surface area contributed by atoms with Crippen LogP contribution in [-0.4, -0.2) is 32.2 Å². The minimum absolute atomic E-state index is 0.0959. The lowest BCUT2D eigenvalue weighted by molar-refractivity contribution is -0.140. The number of hydrogen-bond acceptors (Lipinski definition) is 5. The van der Waals surface area contributed by atoms with E-state index < -0.39 is 16.0 Å². The topological polar surface area (TPSA) is 85.4 Å². The molecule has 0 bridgehead atoms. The molecule has 0 saturated carbocycles. The van der Waals surface area contributed by atoms with Gasteiger partial charge in [-0.3, -0.25) is 9.78 Å². The molecule has 19 heavy (non-hydrogen) atoms. The number of hydrogen-bond donors (Lipinski definition) is 1. The lowest BCUT2D eigenvalue weighted by atomic mass is 10.2. The fraction of sp³-hybridized carbons (Fsp3) is 0.500. The van der Waals surface area contributed by atoms with Gasteiger partial charge in [0, 0.05) is 24.9 Å². The summed E-state index contributed by atoms with van der Waals surface area (Å²) in [6, 6.07) is 3.20. The van der Waals surface area contributed by atoms with E-state index in [1.807, 2.05) is 0 Å². The van der Waals surface area contributed by atoms with Crippen LogP contribution < -0.4 is 4.72 Å². The number of methoxy groups -OCH3 is 1. The summed E-state index contributed by atoms with van der Waals surface area (Å²) in [5.74, 6) is -0.511. The molecule has 1 aromatic rings. The summed E-state index contributed by atoms with van der Waals surface area (Å²) in [4.78, 5) is 14.8. The van der Waals surface area contributed by atoms with Gasteiger partial charge in [0.05, 0.1) is 12.9 Å². The Bertz CT molecular complexity index is 502. The van der Waals surface area contributed by atoms with Crippen LogP contribution in [-0.2, 0) is 19.6 Å². The molecule has 0 amide bonds. The van der Waals surface area contributed by atoms with Crippen molar-refractivity contribution in [3.05, 3.63) is 30.1 Å². The summed E-state index contributed by atoms with van der Waals surface area (Å²) in [5, 5.41) is 0. The van der Waals surface area contributed by atoms with E-state index in [1.54, 1.807) is 31.5 Å². The van der Waals surface area contributed by atoms with Gasteiger partial charge in [0.1, 0.15) is 0 Å². The lowest BCUT2D eigenvalue weighted by Crippen LogP contribution is -2.29. The minimum atomic E-state index is -3.42. The van der Waals surface area contributed by atoms with E-state index in [4.69, 9.17) is 0 Å². The maximum Gasteiger partial charge on any atom is 0.305 e. The van der Waals surface area contributed by atoms with Crippen LogP contribution in [0.4, 0.5) is 0 Å². The number of nitrogens with zero attached hydrogens (tertiary/aromatic N) is 1. The van der Waals surface area contributed by atoms with Crippen LogP contribution in [0.2, 0.25) is 0 Å². The Balaban J connectivity index is 2.48. The normalized spacial score (nSPS) is 12.9. The van der Waals surface area contributed by atoms with E-state index in [0.29, 0.717) is 0 Å². The first kappa shape index (κ1) is 15.6. The van der Waals surface area contributed by atoms with Gasteiger partial charge in [-0.05, 0) is 25.0 Å². The molecule has 106 valence electrons. The number of esters is 1. The third-order valence-corrected chi connectivity index (χ3v) is 4.10. The van der Waals surface area contributed by atoms with Crippen molar-refractivity contribution in [2.75, 3.05) is 12.9 Å². The van der Waals surface area contributed by atoms with E-state index in [1.165, 1.54) is 7.11 Å². The second kappa shape index (κ2) is 7.20. The molecule has 0 unspecified atom stereocenters. The molecule has 0 saturated heterocycles. The van der Waals surface area contributed by atoms with E-state index in [0.717, 1.165) is 5.56 Å². The van der Waals surface area contributed by atoms with Crippen molar-refractivity contribution in [3.8, 4) is 0 Å². The summed E-state index contributed by atoms with van der Waals surface area (Å²) in [7, 11) is -2.14. The molecule has 0 aliphatic heterocycles. The van der Waals surface area contributed by atoms with Gasteiger partial charge in [-0.15, -0.1) is 0 Å². The largest absolute Gasteiger partial charge is 0.469 e. The number of nitrogens with one attached hydrogen (secondary N) is 1. The quantitative estimate of drug-likeness (QED) is 0.756. The lowest BCUT2D eigenvalue weighted by Gasteiger charge is -2.13. The van der Waals surface area contributed by atoms with Crippen molar-refractivity contribution in [1.82, 2.24) is 9.71 Å². The molecule has 1 N–H and O–H groups in total. The zero-order chi connectivity index (χ0) is 14.3. The Morgan fingerprint density at radius 1 is 1.53 bits per heavy atom. The fourth-order valence-electron chi connectivity index (χ4n) is 1.54. The summed E-state index contributed by atoms with van der Waals surface area (Å²) in [6.07, 6.45) is 3.57. The van der Waals surface area contributed by atoms with Gasteiger partial charge < -0.3 is 4.74 Å². The summed E-state index contributed by atoms with van der Waals surface area (Å²) >= 11 is 0. The Kier molecular flexibility index (Phi) is 5.91. The summed E-state index contributed by atoms with van der Waals surface area (Å²) in [6.45, 7) is 1.74. The van der Waals surface area contributed by atoms with Crippen LogP contribution >= 0.6 is 0 Å². The van der Waals surface area contributed by atoms with Crippen molar-refractivity contribution >= 4 is 16.0 Å². The third-order valence-electron chi connectivity index (χ3n) is 2.56. The molecular formula is C12H18N2O4S. The molecule has 7 heteroatoms. The van der Waals surface area contributed by atoms with Crippen LogP contribution in [0.1, 0.15) is 31.4 Å². The van der Waals surface area contributed by atoms with Gasteiger partial charge in [-0.1, -0.05) is 6.07 Å². The fourth-order valence-corrected chi connectivity index (χ4v) is 2.85. The second-order valence-electron chi connectivity index (χ2n) is 4.12. The molecule has 1 rings (SSSR count). The number of ether oxygens (including phenoxy) is 1. The van der Waals surface area contributed by atoms with Crippen LogP contribution in [0.25, 0.3) is 0 Å². The van der Waals surface area contributed by atoms with Crippen molar-refractivity contribution in [2.24, 2.45) is 0 Å². The second-order valence-corrected chi connectivity index (χ2v) is 6.00. The van der Waals surface area contributed by atoms with Crippen molar-refractivity contribution in [1.29, 1.82) is 0 Å². The van der Waals surface area contributed by atoms with E-state index >= 15 is 0 Å². The zero-order valence-electron chi connectivity index (χ0n) is 11.0. The molecule has 0 aliphatic rings. The van der Waals surface area contributed by atoms with Gasteiger partial charge in [-0.2, -0.15) is 0 Å². The number of rotatable bonds is 7. The highest BCUT2D eigenvalue weighted by Crippen LogP contribution is 2.11. The zero-order valence-corrected chi connectivity index (χ0v) is 11.8. The predicted octanol–water partition coefficient (Wildman–Crippen LogP) is 1.02. The van der Waals surface area contributed by atoms with E-state index in [2.05, 4.69) is 14.4 Å². The smallest absolute Gasteiger partial charge is 0.305 e. The van der Waals surface area contributed by atoms with Gasteiger partial charge in [0.25, 0.3) is 0 Å². The SMILES string of the molecule is COC(=O)CCCS(=O)(=O)N[C@H](C)c1cccnc1. The average Bonchev–Trinajstić information content (AvgIpc) is 2.38. The number of carbonyl (C=O) groups excluding carboxylic acids is 1. The third kappa shape index (κ3) is 5.80. The van der Waals surface area contributed by atoms with E-state index in [9.17, 15) is 13.2 Å². The average molecular weight is 286 g/mol. The van der Waals surface area contributed by atoms with Crippen LogP contribution in [0.3, 0.4) is 0 Å². The van der Waals surface area contributed by atoms with Gasteiger partial charge >= 0.3 is 5.97 Å². The number of sulfonamides is 1. The molecule has 0 radical (unpaired) electrons. The van der Waals surface area contributed by atoms with E-state index in [-0.39, 0.29) is 24.6 Å². The standard InChI is InChI=1S/C12H18N2O4S/c1-10(11-5-3-7-13-9-11)14-19(16,17)8-4-6-12(15)18-2/h3,5,7,9-10,14H,4,6,8H2,1-2H3/t10-/m1/s1. The van der Waals surface area contributed by atoms with Crippen LogP contribution in [0.5, 0.6) is 0 Å². The van der Waals surface area contributed by atoms with Crippen LogP contribution in [0.15, 0.2) is 24.5 Å². The first-order valence-corrected chi connectivity index (χ1v) is 7.56. The molecule has 0 aromatic carbocycles. The summed E-state index contributed by atoms with van der Waals surface area (Å²) in [5.41, 5.74) is 0.791.